The average molecular weight is 510 g/mol. The number of benzene rings is 2. The highest BCUT2D eigenvalue weighted by molar-refractivity contribution is 7.89. The number of hydrogen-bond donors (Lipinski definition) is 0. The number of thiazole rings is 1. The van der Waals surface area contributed by atoms with Crippen molar-refractivity contribution in [1.82, 2.24) is 9.29 Å². The summed E-state index contributed by atoms with van der Waals surface area (Å²) in [7, 11) is -3.67. The van der Waals surface area contributed by atoms with E-state index in [1.165, 1.54) is 15.6 Å². The summed E-state index contributed by atoms with van der Waals surface area (Å²) in [6, 6.07) is 18.1. The minimum absolute atomic E-state index is 0.133. The molecule has 7 nitrogen and oxygen atoms in total. The van der Waals surface area contributed by atoms with Crippen LogP contribution in [0.25, 0.3) is 10.2 Å². The lowest BCUT2D eigenvalue weighted by Gasteiger charge is -2.33. The third-order valence-electron chi connectivity index (χ3n) is 6.38. The molecule has 0 N–H and O–H groups in total. The van der Waals surface area contributed by atoms with Crippen LogP contribution in [-0.2, 0) is 27.8 Å². The summed E-state index contributed by atoms with van der Waals surface area (Å²) < 4.78 is 34.4. The van der Waals surface area contributed by atoms with E-state index in [1.54, 1.807) is 47.6 Å². The molecule has 182 valence electrons. The lowest BCUT2D eigenvalue weighted by Crippen LogP contribution is -2.46. The molecule has 5 rings (SSSR count). The molecule has 1 aliphatic heterocycles. The van der Waals surface area contributed by atoms with Crippen LogP contribution in [0.4, 0.5) is 5.13 Å². The number of para-hydroxylation sites is 1. The molecule has 0 saturated carbocycles. The predicted molar refractivity (Wildman–Crippen MR) is 137 cm³/mol. The number of anilines is 1. The van der Waals surface area contributed by atoms with Crippen LogP contribution in [0, 0.1) is 5.92 Å². The maximum Gasteiger partial charge on any atom is 0.243 e. The SMILES string of the molecule is CCc1cccc2sc(N(Cc3ccco3)C(=O)C3CCCN(S(=O)(=O)c4ccccc4)C3)nc12. The first kappa shape index (κ1) is 23.7. The van der Waals surface area contributed by atoms with Crippen molar-refractivity contribution in [3.05, 3.63) is 78.3 Å². The quantitative estimate of drug-likeness (QED) is 0.347. The van der Waals surface area contributed by atoms with Gasteiger partial charge in [-0.3, -0.25) is 9.69 Å². The van der Waals surface area contributed by atoms with Crippen molar-refractivity contribution in [2.45, 2.75) is 37.6 Å². The Morgan fingerprint density at radius 2 is 1.97 bits per heavy atom. The predicted octanol–water partition coefficient (Wildman–Crippen LogP) is 5.09. The van der Waals surface area contributed by atoms with Gasteiger partial charge in [0.15, 0.2) is 5.13 Å². The first-order valence-corrected chi connectivity index (χ1v) is 14.0. The molecular formula is C26H27N3O4S2. The molecule has 0 radical (unpaired) electrons. The number of carbonyl (C=O) groups excluding carboxylic acids is 1. The molecule has 0 aliphatic carbocycles. The van der Waals surface area contributed by atoms with Gasteiger partial charge >= 0.3 is 0 Å². The number of rotatable bonds is 7. The minimum Gasteiger partial charge on any atom is -0.467 e. The molecule has 4 aromatic rings. The Balaban J connectivity index is 1.46. The van der Waals surface area contributed by atoms with E-state index in [0.717, 1.165) is 22.2 Å². The van der Waals surface area contributed by atoms with Crippen LogP contribution in [0.15, 0.2) is 76.2 Å². The number of aromatic nitrogens is 1. The van der Waals surface area contributed by atoms with Crippen molar-refractivity contribution in [3.8, 4) is 0 Å². The molecule has 0 bridgehead atoms. The minimum atomic E-state index is -3.67. The normalized spacial score (nSPS) is 17.0. The third kappa shape index (κ3) is 4.76. The zero-order valence-electron chi connectivity index (χ0n) is 19.5. The maximum atomic E-state index is 13.9. The molecule has 2 aromatic heterocycles. The second kappa shape index (κ2) is 9.93. The van der Waals surface area contributed by atoms with Crippen LogP contribution in [0.3, 0.4) is 0 Å². The smallest absolute Gasteiger partial charge is 0.243 e. The summed E-state index contributed by atoms with van der Waals surface area (Å²) in [4.78, 5) is 20.6. The van der Waals surface area contributed by atoms with Gasteiger partial charge in [0.05, 0.1) is 33.8 Å². The van der Waals surface area contributed by atoms with Crippen molar-refractivity contribution in [2.75, 3.05) is 18.0 Å². The number of piperidine rings is 1. The van der Waals surface area contributed by atoms with Crippen molar-refractivity contribution in [1.29, 1.82) is 0 Å². The van der Waals surface area contributed by atoms with Gasteiger partial charge in [0, 0.05) is 13.1 Å². The third-order valence-corrected chi connectivity index (χ3v) is 9.30. The molecular weight excluding hydrogens is 482 g/mol. The summed E-state index contributed by atoms with van der Waals surface area (Å²) in [6.45, 7) is 2.88. The van der Waals surface area contributed by atoms with E-state index >= 15 is 0 Å². The largest absolute Gasteiger partial charge is 0.467 e. The van der Waals surface area contributed by atoms with Crippen molar-refractivity contribution in [3.63, 3.8) is 0 Å². The zero-order chi connectivity index (χ0) is 24.4. The molecule has 3 heterocycles. The lowest BCUT2D eigenvalue weighted by molar-refractivity contribution is -0.123. The van der Waals surface area contributed by atoms with E-state index in [1.807, 2.05) is 18.2 Å². The Hall–Kier alpha value is -3.01. The van der Waals surface area contributed by atoms with Crippen LogP contribution in [0.5, 0.6) is 0 Å². The van der Waals surface area contributed by atoms with Gasteiger partial charge < -0.3 is 4.42 Å². The summed E-state index contributed by atoms with van der Waals surface area (Å²) in [5, 5.41) is 0.602. The van der Waals surface area contributed by atoms with Crippen molar-refractivity contribution in [2.24, 2.45) is 5.92 Å². The molecule has 1 fully saturated rings. The van der Waals surface area contributed by atoms with E-state index in [2.05, 4.69) is 13.0 Å². The van der Waals surface area contributed by atoms with Crippen molar-refractivity contribution < 1.29 is 17.6 Å². The van der Waals surface area contributed by atoms with Gasteiger partial charge in [-0.2, -0.15) is 4.31 Å². The second-order valence-electron chi connectivity index (χ2n) is 8.63. The van der Waals surface area contributed by atoms with Gasteiger partial charge in [0.2, 0.25) is 15.9 Å². The van der Waals surface area contributed by atoms with Crippen LogP contribution < -0.4 is 4.90 Å². The number of aryl methyl sites for hydroxylation is 1. The van der Waals surface area contributed by atoms with Crippen LogP contribution in [0.1, 0.15) is 31.1 Å². The van der Waals surface area contributed by atoms with Gasteiger partial charge in [0.1, 0.15) is 5.76 Å². The fraction of sp³-hybridized carbons (Fsp3) is 0.308. The molecule has 9 heteroatoms. The summed E-state index contributed by atoms with van der Waals surface area (Å²) in [5.41, 5.74) is 2.04. The highest BCUT2D eigenvalue weighted by Gasteiger charge is 2.36. The van der Waals surface area contributed by atoms with Gasteiger partial charge in [-0.25, -0.2) is 13.4 Å². The average Bonchev–Trinajstić information content (AvgIpc) is 3.57. The molecule has 1 amide bonds. The number of nitrogens with zero attached hydrogens (tertiary/aromatic N) is 3. The Labute approximate surface area is 209 Å². The van der Waals surface area contributed by atoms with Crippen LogP contribution >= 0.6 is 11.3 Å². The second-order valence-corrected chi connectivity index (χ2v) is 11.6. The number of amides is 1. The number of carbonyl (C=O) groups is 1. The number of furan rings is 1. The molecule has 35 heavy (non-hydrogen) atoms. The monoisotopic (exact) mass is 509 g/mol. The number of fused-ring (bicyclic) bond motifs is 1. The first-order valence-electron chi connectivity index (χ1n) is 11.7. The van der Waals surface area contributed by atoms with Gasteiger partial charge in [0.25, 0.3) is 0 Å². The molecule has 1 saturated heterocycles. The molecule has 1 aliphatic rings. The van der Waals surface area contributed by atoms with Crippen LogP contribution in [-0.4, -0.2) is 36.7 Å². The topological polar surface area (TPSA) is 83.7 Å². The number of hydrogen-bond acceptors (Lipinski definition) is 6. The van der Waals surface area contributed by atoms with E-state index in [0.29, 0.717) is 30.3 Å². The summed E-state index contributed by atoms with van der Waals surface area (Å²) in [6.07, 6.45) is 3.68. The van der Waals surface area contributed by atoms with E-state index in [4.69, 9.17) is 9.40 Å². The van der Waals surface area contributed by atoms with Gasteiger partial charge in [-0.15, -0.1) is 0 Å². The first-order chi connectivity index (χ1) is 17.0. The molecule has 2 aromatic carbocycles. The lowest BCUT2D eigenvalue weighted by atomic mass is 9.98. The standard InChI is InChI=1S/C26H27N3O4S2/c1-2-19-9-6-14-23-24(19)27-26(34-23)29(18-21-11-8-16-33-21)25(30)20-10-7-15-28(17-20)35(31,32)22-12-4-3-5-13-22/h3-6,8-9,11-14,16,20H,2,7,10,15,17-18H2,1H3. The van der Waals surface area contributed by atoms with Crippen molar-refractivity contribution >= 4 is 42.6 Å². The molecule has 1 atom stereocenters. The van der Waals surface area contributed by atoms with E-state index in [-0.39, 0.29) is 23.9 Å². The summed E-state index contributed by atoms with van der Waals surface area (Å²) >= 11 is 1.47. The Kier molecular flexibility index (Phi) is 6.73. The Bertz CT molecular complexity index is 1420. The fourth-order valence-electron chi connectivity index (χ4n) is 4.52. The number of sulfonamides is 1. The molecule has 1 unspecified atom stereocenters. The Morgan fingerprint density at radius 1 is 1.14 bits per heavy atom. The zero-order valence-corrected chi connectivity index (χ0v) is 21.1. The van der Waals surface area contributed by atoms with E-state index in [9.17, 15) is 13.2 Å². The van der Waals surface area contributed by atoms with E-state index < -0.39 is 15.9 Å². The maximum absolute atomic E-state index is 13.9. The molecule has 0 spiro atoms. The van der Waals surface area contributed by atoms with Gasteiger partial charge in [-0.1, -0.05) is 48.6 Å². The van der Waals surface area contributed by atoms with Crippen LogP contribution in [0.2, 0.25) is 0 Å². The fourth-order valence-corrected chi connectivity index (χ4v) is 7.08. The Morgan fingerprint density at radius 3 is 2.71 bits per heavy atom. The summed E-state index contributed by atoms with van der Waals surface area (Å²) in [5.74, 6) is 0.0548. The highest BCUT2D eigenvalue weighted by Crippen LogP contribution is 2.34. The highest BCUT2D eigenvalue weighted by atomic mass is 32.2. The van der Waals surface area contributed by atoms with Gasteiger partial charge in [-0.05, 0) is 55.2 Å².